The van der Waals surface area contributed by atoms with Crippen LogP contribution in [-0.4, -0.2) is 10.3 Å². The van der Waals surface area contributed by atoms with Gasteiger partial charge in [-0.25, -0.2) is 0 Å². The summed E-state index contributed by atoms with van der Waals surface area (Å²) in [7, 11) is 0. The maximum absolute atomic E-state index is 9.24. The zero-order chi connectivity index (χ0) is 8.43. The van der Waals surface area contributed by atoms with Crippen LogP contribution >= 0.6 is 0 Å². The summed E-state index contributed by atoms with van der Waals surface area (Å²) >= 11 is 0. The summed E-state index contributed by atoms with van der Waals surface area (Å²) in [5, 5.41) is 12.9. The van der Waals surface area contributed by atoms with Crippen molar-refractivity contribution in [3.63, 3.8) is 0 Å². The molecule has 0 spiro atoms. The molecular weight excluding hydrogens is 142 g/mol. The third-order valence-electron chi connectivity index (χ3n) is 1.52. The van der Waals surface area contributed by atoms with E-state index < -0.39 is 6.10 Å². The summed E-state index contributed by atoms with van der Waals surface area (Å²) in [6.07, 6.45) is 4.13. The predicted molar refractivity (Wildman–Crippen MR) is 39.8 cm³/mol. The van der Waals surface area contributed by atoms with E-state index in [1.54, 1.807) is 13.8 Å². The quantitative estimate of drug-likeness (QED) is 0.608. The van der Waals surface area contributed by atoms with Gasteiger partial charge in [0.05, 0.1) is 11.3 Å². The molecule has 0 saturated heterocycles. The first kappa shape index (κ1) is 7.83. The van der Waals surface area contributed by atoms with Gasteiger partial charge < -0.3 is 9.63 Å². The van der Waals surface area contributed by atoms with Gasteiger partial charge in [0.1, 0.15) is 11.9 Å². The minimum absolute atomic E-state index is 0.577. The van der Waals surface area contributed by atoms with Gasteiger partial charge >= 0.3 is 0 Å². The molecule has 1 rings (SSSR count). The van der Waals surface area contributed by atoms with Crippen molar-refractivity contribution < 1.29 is 9.63 Å². The molecule has 1 unspecified atom stereocenters. The number of aliphatic hydroxyl groups excluding tert-OH is 1. The Morgan fingerprint density at radius 1 is 1.64 bits per heavy atom. The van der Waals surface area contributed by atoms with Crippen molar-refractivity contribution in [2.45, 2.75) is 20.0 Å². The lowest BCUT2D eigenvalue weighted by Gasteiger charge is -1.99. The zero-order valence-electron chi connectivity index (χ0n) is 6.46. The van der Waals surface area contributed by atoms with Crippen molar-refractivity contribution in [1.82, 2.24) is 5.16 Å². The van der Waals surface area contributed by atoms with Gasteiger partial charge in [-0.3, -0.25) is 0 Å². The topological polar surface area (TPSA) is 46.3 Å². The molecule has 0 radical (unpaired) electrons. The highest BCUT2D eigenvalue weighted by molar-refractivity contribution is 5.28. The third kappa shape index (κ3) is 1.26. The summed E-state index contributed by atoms with van der Waals surface area (Å²) < 4.78 is 4.81. The standard InChI is InChI=1S/C8H9NO2/c1-4-7(10)8-5(2)9-11-6(8)3/h1,7,10H,2-3H3. The van der Waals surface area contributed by atoms with E-state index in [0.29, 0.717) is 17.0 Å². The number of rotatable bonds is 1. The van der Waals surface area contributed by atoms with Crippen molar-refractivity contribution >= 4 is 0 Å². The molecule has 1 aromatic rings. The van der Waals surface area contributed by atoms with Crippen molar-refractivity contribution in [1.29, 1.82) is 0 Å². The Hall–Kier alpha value is -1.27. The highest BCUT2D eigenvalue weighted by Gasteiger charge is 2.14. The van der Waals surface area contributed by atoms with Crippen LogP contribution in [0.1, 0.15) is 23.1 Å². The second kappa shape index (κ2) is 2.77. The van der Waals surface area contributed by atoms with Crippen molar-refractivity contribution in [3.05, 3.63) is 17.0 Å². The molecule has 11 heavy (non-hydrogen) atoms. The summed E-state index contributed by atoms with van der Waals surface area (Å²) in [5.41, 5.74) is 1.25. The van der Waals surface area contributed by atoms with Crippen LogP contribution in [0.5, 0.6) is 0 Å². The maximum Gasteiger partial charge on any atom is 0.145 e. The molecule has 58 valence electrons. The van der Waals surface area contributed by atoms with E-state index >= 15 is 0 Å². The number of hydrogen-bond donors (Lipinski definition) is 1. The van der Waals surface area contributed by atoms with Gasteiger partial charge in [-0.15, -0.1) is 6.42 Å². The molecule has 0 amide bonds. The highest BCUT2D eigenvalue weighted by Crippen LogP contribution is 2.19. The third-order valence-corrected chi connectivity index (χ3v) is 1.52. The van der Waals surface area contributed by atoms with Crippen LogP contribution < -0.4 is 0 Å². The monoisotopic (exact) mass is 151 g/mol. The Balaban J connectivity index is 3.12. The zero-order valence-corrected chi connectivity index (χ0v) is 6.46. The Labute approximate surface area is 65.0 Å². The van der Waals surface area contributed by atoms with Crippen LogP contribution in [0.3, 0.4) is 0 Å². The highest BCUT2D eigenvalue weighted by atomic mass is 16.5. The second-order valence-corrected chi connectivity index (χ2v) is 2.31. The first-order valence-electron chi connectivity index (χ1n) is 3.23. The summed E-state index contributed by atoms with van der Waals surface area (Å²) in [6.45, 7) is 3.46. The fourth-order valence-electron chi connectivity index (χ4n) is 0.964. The molecule has 0 aliphatic heterocycles. The van der Waals surface area contributed by atoms with Gasteiger partial charge in [0.15, 0.2) is 0 Å². The predicted octanol–water partition coefficient (Wildman–Crippen LogP) is 0.958. The molecular formula is C8H9NO2. The van der Waals surface area contributed by atoms with Gasteiger partial charge in [0.25, 0.3) is 0 Å². The fraction of sp³-hybridized carbons (Fsp3) is 0.375. The summed E-state index contributed by atoms with van der Waals surface area (Å²) in [4.78, 5) is 0. The van der Waals surface area contributed by atoms with Crippen molar-refractivity contribution in [2.24, 2.45) is 0 Å². The number of terminal acetylenes is 1. The van der Waals surface area contributed by atoms with E-state index in [2.05, 4.69) is 11.1 Å². The lowest BCUT2D eigenvalue weighted by atomic mass is 10.1. The summed E-state index contributed by atoms with van der Waals surface area (Å²) in [6, 6.07) is 0. The normalized spacial score (nSPS) is 12.5. The maximum atomic E-state index is 9.24. The Morgan fingerprint density at radius 3 is 2.64 bits per heavy atom. The average Bonchev–Trinajstić information content (AvgIpc) is 2.30. The molecule has 0 bridgehead atoms. The van der Waals surface area contributed by atoms with Gasteiger partial charge in [-0.2, -0.15) is 0 Å². The molecule has 3 nitrogen and oxygen atoms in total. The number of nitrogens with zero attached hydrogens (tertiary/aromatic N) is 1. The first-order valence-corrected chi connectivity index (χ1v) is 3.23. The van der Waals surface area contributed by atoms with E-state index in [1.807, 2.05) is 0 Å². The number of aliphatic hydroxyl groups is 1. The van der Waals surface area contributed by atoms with Gasteiger partial charge in [0.2, 0.25) is 0 Å². The number of aromatic nitrogens is 1. The van der Waals surface area contributed by atoms with Crippen LogP contribution in [0, 0.1) is 26.2 Å². The van der Waals surface area contributed by atoms with E-state index in [4.69, 9.17) is 10.9 Å². The van der Waals surface area contributed by atoms with E-state index in [-0.39, 0.29) is 0 Å². The molecule has 0 aliphatic rings. The molecule has 1 heterocycles. The lowest BCUT2D eigenvalue weighted by molar-refractivity contribution is 0.235. The van der Waals surface area contributed by atoms with Crippen molar-refractivity contribution in [2.75, 3.05) is 0 Å². The van der Waals surface area contributed by atoms with Crippen LogP contribution in [0.2, 0.25) is 0 Å². The molecule has 1 atom stereocenters. The largest absolute Gasteiger partial charge is 0.376 e. The molecule has 0 aliphatic carbocycles. The van der Waals surface area contributed by atoms with E-state index in [9.17, 15) is 5.11 Å². The second-order valence-electron chi connectivity index (χ2n) is 2.31. The number of hydrogen-bond acceptors (Lipinski definition) is 3. The Kier molecular flexibility index (Phi) is 1.97. The van der Waals surface area contributed by atoms with Crippen LogP contribution in [0.4, 0.5) is 0 Å². The van der Waals surface area contributed by atoms with Gasteiger partial charge in [0, 0.05) is 0 Å². The molecule has 3 heteroatoms. The molecule has 1 N–H and O–H groups in total. The SMILES string of the molecule is C#CC(O)c1c(C)noc1C. The van der Waals surface area contributed by atoms with Crippen LogP contribution in [-0.2, 0) is 0 Å². The lowest BCUT2D eigenvalue weighted by Crippen LogP contribution is -1.95. The summed E-state index contributed by atoms with van der Waals surface area (Å²) in [5.74, 6) is 2.78. The first-order chi connectivity index (χ1) is 5.16. The fourth-order valence-corrected chi connectivity index (χ4v) is 0.964. The van der Waals surface area contributed by atoms with Gasteiger partial charge in [-0.05, 0) is 13.8 Å². The van der Waals surface area contributed by atoms with E-state index in [0.717, 1.165) is 0 Å². The van der Waals surface area contributed by atoms with Crippen LogP contribution in [0.15, 0.2) is 4.52 Å². The molecule has 0 saturated carbocycles. The smallest absolute Gasteiger partial charge is 0.145 e. The minimum atomic E-state index is -0.902. The minimum Gasteiger partial charge on any atom is -0.376 e. The molecule has 0 aromatic carbocycles. The van der Waals surface area contributed by atoms with E-state index in [1.165, 1.54) is 0 Å². The van der Waals surface area contributed by atoms with Crippen LogP contribution in [0.25, 0.3) is 0 Å². The Bertz CT molecular complexity index is 276. The number of aryl methyl sites for hydroxylation is 2. The average molecular weight is 151 g/mol. The molecule has 0 fully saturated rings. The Morgan fingerprint density at radius 2 is 2.27 bits per heavy atom. The van der Waals surface area contributed by atoms with Gasteiger partial charge in [-0.1, -0.05) is 11.1 Å². The molecule has 1 aromatic heterocycles. The van der Waals surface area contributed by atoms with Crippen molar-refractivity contribution in [3.8, 4) is 12.3 Å².